The SMILES string of the molecule is CC12CCC(=O)C=C1CCC1C2CCC2(C)C1CCC21CCC(=O)O1.CO. The molecule has 1 N–H and O–H groups in total. The molecule has 0 aromatic rings. The maximum atomic E-state index is 11.9. The molecule has 0 aromatic carbocycles. The summed E-state index contributed by atoms with van der Waals surface area (Å²) in [6.45, 7) is 4.86. The number of fused-ring (bicyclic) bond motifs is 6. The maximum Gasteiger partial charge on any atom is 0.306 e. The van der Waals surface area contributed by atoms with E-state index in [9.17, 15) is 9.59 Å². The molecule has 150 valence electrons. The minimum Gasteiger partial charge on any atom is -0.458 e. The number of esters is 1. The van der Waals surface area contributed by atoms with Gasteiger partial charge < -0.3 is 9.84 Å². The molecule has 0 amide bonds. The summed E-state index contributed by atoms with van der Waals surface area (Å²) < 4.78 is 6.01. The Kier molecular flexibility index (Phi) is 4.57. The van der Waals surface area contributed by atoms with Gasteiger partial charge in [-0.05, 0) is 80.6 Å². The van der Waals surface area contributed by atoms with Crippen molar-refractivity contribution in [1.29, 1.82) is 0 Å². The second-order valence-electron chi connectivity index (χ2n) is 9.93. The molecule has 1 saturated heterocycles. The van der Waals surface area contributed by atoms with E-state index in [-0.39, 0.29) is 22.4 Å². The molecule has 4 nitrogen and oxygen atoms in total. The van der Waals surface area contributed by atoms with Gasteiger partial charge in [0.2, 0.25) is 0 Å². The minimum atomic E-state index is -0.167. The van der Waals surface area contributed by atoms with Crippen LogP contribution in [0.3, 0.4) is 0 Å². The third-order valence-corrected chi connectivity index (χ3v) is 9.29. The van der Waals surface area contributed by atoms with Crippen molar-refractivity contribution in [2.75, 3.05) is 7.11 Å². The first kappa shape index (κ1) is 19.2. The number of aliphatic hydroxyl groups is 1. The molecule has 3 saturated carbocycles. The van der Waals surface area contributed by atoms with Crippen LogP contribution in [0.2, 0.25) is 0 Å². The van der Waals surface area contributed by atoms with Crippen LogP contribution in [0.1, 0.15) is 78.1 Å². The Morgan fingerprint density at radius 2 is 1.67 bits per heavy atom. The molecule has 1 aliphatic heterocycles. The number of hydrogen-bond acceptors (Lipinski definition) is 4. The van der Waals surface area contributed by atoms with E-state index in [1.807, 2.05) is 6.08 Å². The summed E-state index contributed by atoms with van der Waals surface area (Å²) in [4.78, 5) is 23.8. The third-order valence-electron chi connectivity index (χ3n) is 9.29. The Morgan fingerprint density at radius 1 is 0.926 bits per heavy atom. The highest BCUT2D eigenvalue weighted by atomic mass is 16.6. The van der Waals surface area contributed by atoms with E-state index in [1.165, 1.54) is 31.3 Å². The van der Waals surface area contributed by atoms with Crippen LogP contribution in [-0.4, -0.2) is 29.6 Å². The number of ether oxygens (including phenoxy) is 1. The first-order chi connectivity index (χ1) is 12.9. The summed E-state index contributed by atoms with van der Waals surface area (Å²) in [5.41, 5.74) is 1.68. The second-order valence-corrected chi connectivity index (χ2v) is 9.93. The Balaban J connectivity index is 0.000000872. The standard InChI is InChI=1S/C22H30O3.CH4O/c1-20-9-5-15(23)13-14(20)3-4-16-17(20)6-10-21(2)18(16)7-11-22(21)12-8-19(24)25-22;1-2/h13,16-18H,3-12H2,1-2H3;2H,1H3. The molecular formula is C23H34O4. The third kappa shape index (κ3) is 2.51. The molecule has 1 heterocycles. The van der Waals surface area contributed by atoms with Crippen molar-refractivity contribution < 1.29 is 19.4 Å². The fraction of sp³-hybridized carbons (Fsp3) is 0.826. The average Bonchev–Trinajstić information content (AvgIpc) is 3.18. The summed E-state index contributed by atoms with van der Waals surface area (Å²) in [5.74, 6) is 2.51. The van der Waals surface area contributed by atoms with Crippen molar-refractivity contribution in [3.8, 4) is 0 Å². The minimum absolute atomic E-state index is 0.0237. The van der Waals surface area contributed by atoms with Gasteiger partial charge in [-0.25, -0.2) is 0 Å². The number of allylic oxidation sites excluding steroid dienone is 1. The molecule has 0 bridgehead atoms. The van der Waals surface area contributed by atoms with Crippen LogP contribution in [-0.2, 0) is 14.3 Å². The van der Waals surface area contributed by atoms with E-state index >= 15 is 0 Å². The first-order valence-corrected chi connectivity index (χ1v) is 10.8. The van der Waals surface area contributed by atoms with Crippen LogP contribution in [0.5, 0.6) is 0 Å². The Bertz CT molecular complexity index is 682. The predicted molar refractivity (Wildman–Crippen MR) is 103 cm³/mol. The lowest BCUT2D eigenvalue weighted by molar-refractivity contribution is -0.168. The number of rotatable bonds is 0. The zero-order valence-corrected chi connectivity index (χ0v) is 17.1. The van der Waals surface area contributed by atoms with Gasteiger partial charge in [0.25, 0.3) is 0 Å². The smallest absolute Gasteiger partial charge is 0.306 e. The van der Waals surface area contributed by atoms with Crippen LogP contribution >= 0.6 is 0 Å². The lowest BCUT2D eigenvalue weighted by atomic mass is 9.46. The summed E-state index contributed by atoms with van der Waals surface area (Å²) >= 11 is 0. The molecule has 0 radical (unpaired) electrons. The van der Waals surface area contributed by atoms with Crippen LogP contribution in [0.15, 0.2) is 11.6 Å². The fourth-order valence-corrected chi connectivity index (χ4v) is 7.85. The Morgan fingerprint density at radius 3 is 2.37 bits per heavy atom. The molecule has 5 aliphatic rings. The summed E-state index contributed by atoms with van der Waals surface area (Å²) in [7, 11) is 1.00. The van der Waals surface area contributed by atoms with Crippen LogP contribution in [0.25, 0.3) is 0 Å². The van der Waals surface area contributed by atoms with E-state index in [2.05, 4.69) is 13.8 Å². The fourth-order valence-electron chi connectivity index (χ4n) is 7.85. The van der Waals surface area contributed by atoms with Gasteiger partial charge in [-0.2, -0.15) is 0 Å². The molecule has 6 unspecified atom stereocenters. The Hall–Kier alpha value is -1.16. The zero-order valence-electron chi connectivity index (χ0n) is 17.1. The number of ketones is 1. The van der Waals surface area contributed by atoms with Crippen LogP contribution < -0.4 is 0 Å². The lowest BCUT2D eigenvalue weighted by Gasteiger charge is -2.59. The number of hydrogen-bond donors (Lipinski definition) is 1. The van der Waals surface area contributed by atoms with Gasteiger partial charge in [-0.15, -0.1) is 0 Å². The van der Waals surface area contributed by atoms with E-state index in [0.29, 0.717) is 24.0 Å². The highest BCUT2D eigenvalue weighted by Crippen LogP contribution is 2.69. The van der Waals surface area contributed by atoms with E-state index in [1.54, 1.807) is 0 Å². The van der Waals surface area contributed by atoms with Crippen molar-refractivity contribution in [3.05, 3.63) is 11.6 Å². The largest absolute Gasteiger partial charge is 0.458 e. The van der Waals surface area contributed by atoms with Crippen LogP contribution in [0.4, 0.5) is 0 Å². The number of carbonyl (C=O) groups excluding carboxylic acids is 2. The molecule has 4 aliphatic carbocycles. The zero-order chi connectivity index (χ0) is 19.4. The Labute approximate surface area is 162 Å². The van der Waals surface area contributed by atoms with E-state index < -0.39 is 0 Å². The van der Waals surface area contributed by atoms with Crippen molar-refractivity contribution in [3.63, 3.8) is 0 Å². The number of aliphatic hydroxyl groups excluding tert-OH is 1. The van der Waals surface area contributed by atoms with Crippen molar-refractivity contribution >= 4 is 11.8 Å². The average molecular weight is 375 g/mol. The molecule has 27 heavy (non-hydrogen) atoms. The second kappa shape index (κ2) is 6.43. The van der Waals surface area contributed by atoms with Gasteiger partial charge in [0.1, 0.15) is 5.60 Å². The van der Waals surface area contributed by atoms with E-state index in [0.717, 1.165) is 45.1 Å². The number of carbonyl (C=O) groups is 2. The normalized spacial score (nSPS) is 48.0. The van der Waals surface area contributed by atoms with Crippen molar-refractivity contribution in [2.24, 2.45) is 28.6 Å². The van der Waals surface area contributed by atoms with Gasteiger partial charge in [-0.1, -0.05) is 19.4 Å². The van der Waals surface area contributed by atoms with Gasteiger partial charge in [0.15, 0.2) is 5.78 Å². The van der Waals surface area contributed by atoms with Gasteiger partial charge in [0, 0.05) is 25.4 Å². The van der Waals surface area contributed by atoms with Crippen LogP contribution in [0, 0.1) is 28.6 Å². The monoisotopic (exact) mass is 374 g/mol. The lowest BCUT2D eigenvalue weighted by Crippen LogP contribution is -2.54. The van der Waals surface area contributed by atoms with Gasteiger partial charge in [-0.3, -0.25) is 9.59 Å². The highest BCUT2D eigenvalue weighted by molar-refractivity contribution is 5.91. The molecule has 5 rings (SSSR count). The molecular weight excluding hydrogens is 340 g/mol. The highest BCUT2D eigenvalue weighted by Gasteiger charge is 2.66. The topological polar surface area (TPSA) is 63.6 Å². The van der Waals surface area contributed by atoms with Gasteiger partial charge in [0.05, 0.1) is 0 Å². The summed E-state index contributed by atoms with van der Waals surface area (Å²) in [6, 6.07) is 0. The molecule has 6 atom stereocenters. The quantitative estimate of drug-likeness (QED) is 0.645. The first-order valence-electron chi connectivity index (χ1n) is 10.8. The summed E-state index contributed by atoms with van der Waals surface area (Å²) in [6.07, 6.45) is 12.3. The molecule has 1 spiro atoms. The maximum absolute atomic E-state index is 11.9. The van der Waals surface area contributed by atoms with Crippen molar-refractivity contribution in [2.45, 2.75) is 83.7 Å². The predicted octanol–water partition coefficient (Wildman–Crippen LogP) is 4.20. The molecule has 4 heteroatoms. The van der Waals surface area contributed by atoms with Gasteiger partial charge >= 0.3 is 5.97 Å². The molecule has 0 aromatic heterocycles. The summed E-state index contributed by atoms with van der Waals surface area (Å²) in [5, 5.41) is 7.00. The molecule has 4 fully saturated rings. The van der Waals surface area contributed by atoms with Crippen molar-refractivity contribution in [1.82, 2.24) is 0 Å². The van der Waals surface area contributed by atoms with E-state index in [4.69, 9.17) is 9.84 Å².